The van der Waals surface area contributed by atoms with E-state index in [0.29, 0.717) is 11.6 Å². The van der Waals surface area contributed by atoms with Gasteiger partial charge in [0.05, 0.1) is 12.2 Å². The van der Waals surface area contributed by atoms with Crippen LogP contribution < -0.4 is 10.6 Å². The van der Waals surface area contributed by atoms with Crippen molar-refractivity contribution in [3.63, 3.8) is 0 Å². The van der Waals surface area contributed by atoms with Crippen LogP contribution in [0.15, 0.2) is 59.5 Å². The molecule has 2 aromatic carbocycles. The van der Waals surface area contributed by atoms with Gasteiger partial charge < -0.3 is 15.5 Å². The van der Waals surface area contributed by atoms with Gasteiger partial charge in [0.2, 0.25) is 11.8 Å². The topological polar surface area (TPSA) is 78.5 Å². The first-order valence-electron chi connectivity index (χ1n) is 9.73. The molecule has 0 atom stereocenters. The van der Waals surface area contributed by atoms with E-state index in [9.17, 15) is 14.4 Å². The molecule has 0 aliphatic heterocycles. The Hall–Kier alpha value is -3.06. The van der Waals surface area contributed by atoms with Gasteiger partial charge in [-0.05, 0) is 55.0 Å². The number of anilines is 1. The number of para-hydroxylation sites is 1. The van der Waals surface area contributed by atoms with E-state index >= 15 is 0 Å². The third-order valence-electron chi connectivity index (χ3n) is 4.64. The Balaban J connectivity index is 1.51. The van der Waals surface area contributed by atoms with E-state index in [4.69, 9.17) is 0 Å². The average Bonchev–Trinajstić information content (AvgIpc) is 3.56. The monoisotopic (exact) mass is 423 g/mol. The van der Waals surface area contributed by atoms with Crippen LogP contribution >= 0.6 is 11.8 Å². The third kappa shape index (κ3) is 6.22. The molecule has 6 nitrogen and oxygen atoms in total. The SMILES string of the molecule is CSc1ccccc1NC(=O)CN(C)C(=O)/C=C/c1ccc(C(=O)NC2CC2)cc1. The molecular weight excluding hydrogens is 398 g/mol. The van der Waals surface area contributed by atoms with Crippen molar-refractivity contribution in [3.8, 4) is 0 Å². The summed E-state index contributed by atoms with van der Waals surface area (Å²) in [5.41, 5.74) is 2.14. The minimum atomic E-state index is -0.279. The highest BCUT2D eigenvalue weighted by atomic mass is 32.2. The van der Waals surface area contributed by atoms with Crippen molar-refractivity contribution in [2.75, 3.05) is 25.2 Å². The van der Waals surface area contributed by atoms with Crippen LogP contribution in [0, 0.1) is 0 Å². The zero-order chi connectivity index (χ0) is 21.5. The first-order chi connectivity index (χ1) is 14.5. The quantitative estimate of drug-likeness (QED) is 0.504. The van der Waals surface area contributed by atoms with Gasteiger partial charge in [0.15, 0.2) is 0 Å². The smallest absolute Gasteiger partial charge is 0.251 e. The van der Waals surface area contributed by atoms with Gasteiger partial charge in [-0.25, -0.2) is 0 Å². The zero-order valence-electron chi connectivity index (χ0n) is 17.1. The molecule has 3 amide bonds. The molecule has 1 aliphatic rings. The maximum Gasteiger partial charge on any atom is 0.251 e. The van der Waals surface area contributed by atoms with Crippen molar-refractivity contribution in [3.05, 3.63) is 65.7 Å². The molecule has 1 aliphatic carbocycles. The summed E-state index contributed by atoms with van der Waals surface area (Å²) in [6.45, 7) is -0.0494. The number of likely N-dealkylation sites (N-methyl/N-ethyl adjacent to an activating group) is 1. The summed E-state index contributed by atoms with van der Waals surface area (Å²) in [5.74, 6) is -0.608. The molecule has 30 heavy (non-hydrogen) atoms. The van der Waals surface area contributed by atoms with Gasteiger partial charge in [0.25, 0.3) is 5.91 Å². The number of hydrogen-bond donors (Lipinski definition) is 2. The van der Waals surface area contributed by atoms with Crippen LogP contribution in [0.1, 0.15) is 28.8 Å². The fourth-order valence-electron chi connectivity index (χ4n) is 2.77. The highest BCUT2D eigenvalue weighted by molar-refractivity contribution is 7.98. The van der Waals surface area contributed by atoms with Gasteiger partial charge in [-0.15, -0.1) is 11.8 Å². The van der Waals surface area contributed by atoms with E-state index < -0.39 is 0 Å². The van der Waals surface area contributed by atoms with Crippen molar-refractivity contribution < 1.29 is 14.4 Å². The lowest BCUT2D eigenvalue weighted by atomic mass is 10.1. The van der Waals surface area contributed by atoms with E-state index in [1.807, 2.05) is 30.5 Å². The first kappa shape index (κ1) is 21.6. The molecule has 3 rings (SSSR count). The Kier molecular flexibility index (Phi) is 7.30. The molecule has 0 heterocycles. The average molecular weight is 424 g/mol. The second kappa shape index (κ2) is 10.1. The fourth-order valence-corrected chi connectivity index (χ4v) is 3.32. The highest BCUT2D eigenvalue weighted by Gasteiger charge is 2.23. The van der Waals surface area contributed by atoms with Gasteiger partial charge in [-0.2, -0.15) is 0 Å². The first-order valence-corrected chi connectivity index (χ1v) is 11.0. The number of thioether (sulfide) groups is 1. The Labute approximate surface area is 180 Å². The Morgan fingerprint density at radius 2 is 1.80 bits per heavy atom. The summed E-state index contributed by atoms with van der Waals surface area (Å²) in [5, 5.41) is 5.78. The lowest BCUT2D eigenvalue weighted by Gasteiger charge is -2.15. The molecule has 1 fully saturated rings. The number of carbonyl (C=O) groups is 3. The van der Waals surface area contributed by atoms with Crippen molar-refractivity contribution in [1.29, 1.82) is 0 Å². The third-order valence-corrected chi connectivity index (χ3v) is 5.44. The molecule has 0 spiro atoms. The van der Waals surface area contributed by atoms with Gasteiger partial charge in [0, 0.05) is 29.6 Å². The van der Waals surface area contributed by atoms with Gasteiger partial charge in [-0.1, -0.05) is 24.3 Å². The second-order valence-electron chi connectivity index (χ2n) is 7.15. The summed E-state index contributed by atoms with van der Waals surface area (Å²) in [4.78, 5) is 38.9. The predicted octanol–water partition coefficient (Wildman–Crippen LogP) is 3.41. The minimum absolute atomic E-state index is 0.0494. The highest BCUT2D eigenvalue weighted by Crippen LogP contribution is 2.24. The molecule has 0 radical (unpaired) electrons. The molecule has 2 aromatic rings. The zero-order valence-corrected chi connectivity index (χ0v) is 17.9. The number of amides is 3. The molecule has 0 unspecified atom stereocenters. The number of rotatable bonds is 8. The van der Waals surface area contributed by atoms with Crippen molar-refractivity contribution in [2.24, 2.45) is 0 Å². The Bertz CT molecular complexity index is 952. The number of hydrogen-bond acceptors (Lipinski definition) is 4. The maximum absolute atomic E-state index is 12.3. The molecule has 0 aromatic heterocycles. The van der Waals surface area contributed by atoms with E-state index in [0.717, 1.165) is 29.0 Å². The summed E-state index contributed by atoms with van der Waals surface area (Å²) in [7, 11) is 1.58. The standard InChI is InChI=1S/C23H25N3O3S/c1-26(15-21(27)25-19-5-3-4-6-20(19)30-2)22(28)14-9-16-7-10-17(11-8-16)23(29)24-18-12-13-18/h3-11,14,18H,12-13,15H2,1-2H3,(H,24,29)(H,25,27)/b14-9+. The molecule has 2 N–H and O–H groups in total. The summed E-state index contributed by atoms with van der Waals surface area (Å²) < 4.78 is 0. The van der Waals surface area contributed by atoms with Crippen LogP contribution in [0.5, 0.6) is 0 Å². The van der Waals surface area contributed by atoms with E-state index in [1.165, 1.54) is 11.0 Å². The van der Waals surface area contributed by atoms with Gasteiger partial charge in [0.1, 0.15) is 0 Å². The Morgan fingerprint density at radius 3 is 2.47 bits per heavy atom. The van der Waals surface area contributed by atoms with Crippen LogP contribution in [-0.4, -0.2) is 48.5 Å². The van der Waals surface area contributed by atoms with E-state index in [2.05, 4.69) is 10.6 Å². The van der Waals surface area contributed by atoms with E-state index in [1.54, 1.807) is 49.2 Å². The van der Waals surface area contributed by atoms with Crippen molar-refractivity contribution >= 4 is 41.2 Å². The van der Waals surface area contributed by atoms with Crippen molar-refractivity contribution in [2.45, 2.75) is 23.8 Å². The lowest BCUT2D eigenvalue weighted by Crippen LogP contribution is -2.33. The Morgan fingerprint density at radius 1 is 1.10 bits per heavy atom. The van der Waals surface area contributed by atoms with Crippen molar-refractivity contribution in [1.82, 2.24) is 10.2 Å². The minimum Gasteiger partial charge on any atom is -0.349 e. The van der Waals surface area contributed by atoms with Gasteiger partial charge >= 0.3 is 0 Å². The molecule has 7 heteroatoms. The fraction of sp³-hybridized carbons (Fsp3) is 0.261. The number of nitrogens with one attached hydrogen (secondary N) is 2. The van der Waals surface area contributed by atoms with Crippen LogP contribution in [0.3, 0.4) is 0 Å². The van der Waals surface area contributed by atoms with Crippen LogP contribution in [0.2, 0.25) is 0 Å². The van der Waals surface area contributed by atoms with Crippen LogP contribution in [0.25, 0.3) is 6.08 Å². The largest absolute Gasteiger partial charge is 0.349 e. The molecule has 0 saturated heterocycles. The van der Waals surface area contributed by atoms with Gasteiger partial charge in [-0.3, -0.25) is 14.4 Å². The lowest BCUT2D eigenvalue weighted by molar-refractivity contribution is -0.129. The normalized spacial score (nSPS) is 13.1. The molecule has 0 bridgehead atoms. The number of carbonyl (C=O) groups excluding carboxylic acids is 3. The second-order valence-corrected chi connectivity index (χ2v) is 7.99. The summed E-state index contributed by atoms with van der Waals surface area (Å²) in [6.07, 6.45) is 7.12. The summed E-state index contributed by atoms with van der Waals surface area (Å²) in [6, 6.07) is 14.9. The molecular formula is C23H25N3O3S. The summed E-state index contributed by atoms with van der Waals surface area (Å²) >= 11 is 1.55. The predicted molar refractivity (Wildman–Crippen MR) is 120 cm³/mol. The molecule has 1 saturated carbocycles. The molecule has 156 valence electrons. The van der Waals surface area contributed by atoms with E-state index in [-0.39, 0.29) is 24.3 Å². The maximum atomic E-state index is 12.3. The van der Waals surface area contributed by atoms with Crippen LogP contribution in [0.4, 0.5) is 5.69 Å². The van der Waals surface area contributed by atoms with Crippen LogP contribution in [-0.2, 0) is 9.59 Å². The number of nitrogens with zero attached hydrogens (tertiary/aromatic N) is 1. The number of benzene rings is 2.